The molecule has 2 aromatic heterocycles. The normalized spacial score (nSPS) is 15.8. The summed E-state index contributed by atoms with van der Waals surface area (Å²) >= 11 is 1.61. The van der Waals surface area contributed by atoms with E-state index in [-0.39, 0.29) is 11.8 Å². The van der Waals surface area contributed by atoms with Gasteiger partial charge >= 0.3 is 6.36 Å². The standard InChI is InChI=1S/C21H20F3N5OS/c1-13-11-16-18(28-19(29-20(16)31-13)17-8-10-25-12-27-17)26-9-2-3-14-4-6-15(7-5-14)30-21(22,23)24/h4-8,10-12,17H,2-3,9H2,1H3,(H,25,27)(H,26,28,29). The second-order valence-corrected chi connectivity index (χ2v) is 8.21. The smallest absolute Gasteiger partial charge is 0.406 e. The molecule has 0 spiro atoms. The van der Waals surface area contributed by atoms with Crippen molar-refractivity contribution in [2.75, 3.05) is 11.9 Å². The van der Waals surface area contributed by atoms with E-state index in [9.17, 15) is 13.2 Å². The molecule has 162 valence electrons. The van der Waals surface area contributed by atoms with Gasteiger partial charge in [0.05, 0.1) is 11.7 Å². The van der Waals surface area contributed by atoms with Crippen molar-refractivity contribution in [3.63, 3.8) is 0 Å². The molecule has 1 aliphatic rings. The molecule has 1 atom stereocenters. The molecule has 0 saturated heterocycles. The lowest BCUT2D eigenvalue weighted by atomic mass is 10.1. The van der Waals surface area contributed by atoms with Crippen LogP contribution in [0.25, 0.3) is 10.2 Å². The molecule has 0 saturated carbocycles. The van der Waals surface area contributed by atoms with E-state index in [1.54, 1.807) is 29.8 Å². The van der Waals surface area contributed by atoms with E-state index in [4.69, 9.17) is 4.98 Å². The molecular weight excluding hydrogens is 427 g/mol. The van der Waals surface area contributed by atoms with Gasteiger partial charge in [0, 0.05) is 17.6 Å². The van der Waals surface area contributed by atoms with E-state index < -0.39 is 6.36 Å². The van der Waals surface area contributed by atoms with E-state index in [1.807, 2.05) is 19.2 Å². The number of aromatic nitrogens is 2. The van der Waals surface area contributed by atoms with Crippen LogP contribution in [-0.2, 0) is 6.42 Å². The molecule has 0 bridgehead atoms. The quantitative estimate of drug-likeness (QED) is 0.492. The first-order valence-electron chi connectivity index (χ1n) is 9.68. The van der Waals surface area contributed by atoms with Gasteiger partial charge in [0.25, 0.3) is 0 Å². The SMILES string of the molecule is Cc1cc2c(NCCCc3ccc(OC(F)(F)F)cc3)nc(C3C=CNC=N3)nc2s1. The highest BCUT2D eigenvalue weighted by Gasteiger charge is 2.30. The molecule has 6 nitrogen and oxygen atoms in total. The van der Waals surface area contributed by atoms with Crippen LogP contribution >= 0.6 is 11.3 Å². The summed E-state index contributed by atoms with van der Waals surface area (Å²) in [6, 6.07) is 7.78. The van der Waals surface area contributed by atoms with Gasteiger partial charge in [-0.05, 0) is 49.6 Å². The minimum absolute atomic E-state index is 0.215. The number of rotatable bonds is 7. The summed E-state index contributed by atoms with van der Waals surface area (Å²) in [5.41, 5.74) is 0.936. The Morgan fingerprint density at radius 2 is 2.00 bits per heavy atom. The number of halogens is 3. The molecule has 0 amide bonds. The van der Waals surface area contributed by atoms with Crippen LogP contribution in [0.15, 0.2) is 47.6 Å². The Balaban J connectivity index is 1.40. The molecule has 2 N–H and O–H groups in total. The van der Waals surface area contributed by atoms with Gasteiger partial charge in [0.2, 0.25) is 0 Å². The van der Waals surface area contributed by atoms with Crippen LogP contribution in [0.4, 0.5) is 19.0 Å². The third-order valence-corrected chi connectivity index (χ3v) is 5.52. The number of hydrogen-bond acceptors (Lipinski definition) is 7. The Morgan fingerprint density at radius 1 is 1.19 bits per heavy atom. The lowest BCUT2D eigenvalue weighted by Crippen LogP contribution is -2.17. The first-order valence-corrected chi connectivity index (χ1v) is 10.5. The molecule has 31 heavy (non-hydrogen) atoms. The number of nitrogens with zero attached hydrogens (tertiary/aromatic N) is 3. The van der Waals surface area contributed by atoms with Crippen molar-refractivity contribution >= 4 is 33.7 Å². The minimum Gasteiger partial charge on any atom is -0.406 e. The molecule has 1 unspecified atom stereocenters. The summed E-state index contributed by atoms with van der Waals surface area (Å²) in [6.45, 7) is 2.69. The predicted molar refractivity (Wildman–Crippen MR) is 116 cm³/mol. The van der Waals surface area contributed by atoms with E-state index in [0.717, 1.165) is 32.9 Å². The molecular formula is C21H20F3N5OS. The van der Waals surface area contributed by atoms with Crippen LogP contribution in [0.3, 0.4) is 0 Å². The Kier molecular flexibility index (Phi) is 6.08. The lowest BCUT2D eigenvalue weighted by molar-refractivity contribution is -0.274. The number of thiophene rings is 1. The molecule has 0 aliphatic carbocycles. The Hall–Kier alpha value is -3.14. The maximum Gasteiger partial charge on any atom is 0.573 e. The predicted octanol–water partition coefficient (Wildman–Crippen LogP) is 5.13. The van der Waals surface area contributed by atoms with Crippen molar-refractivity contribution in [2.45, 2.75) is 32.2 Å². The van der Waals surface area contributed by atoms with Crippen LogP contribution in [-0.4, -0.2) is 29.2 Å². The van der Waals surface area contributed by atoms with Crippen molar-refractivity contribution in [3.05, 3.63) is 58.9 Å². The number of fused-ring (bicyclic) bond motifs is 1. The highest BCUT2D eigenvalue weighted by atomic mass is 32.1. The average Bonchev–Trinajstić information content (AvgIpc) is 3.12. The van der Waals surface area contributed by atoms with Gasteiger partial charge in [0.1, 0.15) is 22.4 Å². The number of benzene rings is 1. The second-order valence-electron chi connectivity index (χ2n) is 6.98. The zero-order valence-corrected chi connectivity index (χ0v) is 17.4. The third kappa shape index (κ3) is 5.52. The van der Waals surface area contributed by atoms with Gasteiger partial charge in [-0.3, -0.25) is 4.99 Å². The first-order chi connectivity index (χ1) is 14.9. The van der Waals surface area contributed by atoms with Crippen molar-refractivity contribution < 1.29 is 17.9 Å². The van der Waals surface area contributed by atoms with E-state index in [0.29, 0.717) is 18.8 Å². The second kappa shape index (κ2) is 8.93. The summed E-state index contributed by atoms with van der Waals surface area (Å²) < 4.78 is 40.7. The molecule has 0 radical (unpaired) electrons. The van der Waals surface area contributed by atoms with Gasteiger partial charge in [-0.15, -0.1) is 24.5 Å². The van der Waals surface area contributed by atoms with Crippen molar-refractivity contribution in [1.29, 1.82) is 0 Å². The number of anilines is 1. The highest BCUT2D eigenvalue weighted by Crippen LogP contribution is 2.31. The van der Waals surface area contributed by atoms with Crippen molar-refractivity contribution in [1.82, 2.24) is 15.3 Å². The number of hydrogen-bond donors (Lipinski definition) is 2. The fourth-order valence-electron chi connectivity index (χ4n) is 3.20. The molecule has 10 heteroatoms. The fraction of sp³-hybridized carbons (Fsp3) is 0.286. The first kappa shape index (κ1) is 21.1. The summed E-state index contributed by atoms with van der Waals surface area (Å²) in [5.74, 6) is 1.18. The summed E-state index contributed by atoms with van der Waals surface area (Å²) in [5, 5.41) is 7.27. The van der Waals surface area contributed by atoms with Gasteiger partial charge in [-0.2, -0.15) is 0 Å². The van der Waals surface area contributed by atoms with Crippen LogP contribution in [0.1, 0.15) is 28.7 Å². The van der Waals surface area contributed by atoms with Crippen LogP contribution in [0.2, 0.25) is 0 Å². The molecule has 1 aromatic carbocycles. The number of alkyl halides is 3. The molecule has 3 aromatic rings. The summed E-state index contributed by atoms with van der Waals surface area (Å²) in [4.78, 5) is 15.8. The Morgan fingerprint density at radius 3 is 2.71 bits per heavy atom. The Bertz CT molecular complexity index is 1100. The maximum absolute atomic E-state index is 12.3. The van der Waals surface area contributed by atoms with Crippen molar-refractivity contribution in [2.24, 2.45) is 4.99 Å². The highest BCUT2D eigenvalue weighted by molar-refractivity contribution is 7.18. The molecule has 4 rings (SSSR count). The molecule has 0 fully saturated rings. The topological polar surface area (TPSA) is 71.4 Å². The van der Waals surface area contributed by atoms with Crippen molar-refractivity contribution in [3.8, 4) is 5.75 Å². The molecule has 1 aliphatic heterocycles. The van der Waals surface area contributed by atoms with Crippen LogP contribution in [0.5, 0.6) is 5.75 Å². The van der Waals surface area contributed by atoms with Gasteiger partial charge in [0.15, 0.2) is 5.82 Å². The van der Waals surface area contributed by atoms with Gasteiger partial charge < -0.3 is 15.4 Å². The zero-order valence-electron chi connectivity index (χ0n) is 16.6. The Labute approximate surface area is 180 Å². The van der Waals surface area contributed by atoms with E-state index >= 15 is 0 Å². The minimum atomic E-state index is -4.68. The fourth-order valence-corrected chi connectivity index (χ4v) is 4.08. The maximum atomic E-state index is 12.3. The number of nitrogens with one attached hydrogen (secondary N) is 2. The zero-order chi connectivity index (χ0) is 21.8. The number of ether oxygens (including phenoxy) is 1. The van der Waals surface area contributed by atoms with Crippen LogP contribution in [0, 0.1) is 6.92 Å². The lowest BCUT2D eigenvalue weighted by Gasteiger charge is -2.13. The molecule has 3 heterocycles. The average molecular weight is 447 g/mol. The number of aliphatic imine (C=N–C) groups is 1. The van der Waals surface area contributed by atoms with E-state index in [2.05, 4.69) is 31.4 Å². The summed E-state index contributed by atoms with van der Waals surface area (Å²) in [6.07, 6.45) is 2.15. The monoisotopic (exact) mass is 447 g/mol. The van der Waals surface area contributed by atoms with Crippen LogP contribution < -0.4 is 15.4 Å². The number of aryl methyl sites for hydroxylation is 2. The largest absolute Gasteiger partial charge is 0.573 e. The van der Waals surface area contributed by atoms with Gasteiger partial charge in [-0.1, -0.05) is 12.1 Å². The van der Waals surface area contributed by atoms with E-state index in [1.165, 1.54) is 12.1 Å². The summed E-state index contributed by atoms with van der Waals surface area (Å²) in [7, 11) is 0. The third-order valence-electron chi connectivity index (χ3n) is 4.57. The van der Waals surface area contributed by atoms with Gasteiger partial charge in [-0.25, -0.2) is 9.97 Å².